The van der Waals surface area contributed by atoms with Crippen molar-refractivity contribution in [1.29, 1.82) is 0 Å². The summed E-state index contributed by atoms with van der Waals surface area (Å²) in [6.07, 6.45) is 3.37. The minimum Gasteiger partial charge on any atom is -0.311 e. The van der Waals surface area contributed by atoms with Crippen LogP contribution in [0.15, 0.2) is 17.0 Å². The lowest BCUT2D eigenvalue weighted by atomic mass is 10.1. The number of hydrogen-bond donors (Lipinski definition) is 1. The van der Waals surface area contributed by atoms with E-state index < -0.39 is 0 Å². The van der Waals surface area contributed by atoms with Crippen molar-refractivity contribution in [3.05, 3.63) is 26.9 Å². The average molecular weight is 244 g/mol. The van der Waals surface area contributed by atoms with Crippen molar-refractivity contribution < 1.29 is 0 Å². The van der Waals surface area contributed by atoms with Crippen molar-refractivity contribution in [2.75, 3.05) is 6.54 Å². The van der Waals surface area contributed by atoms with Crippen LogP contribution in [0.1, 0.15) is 32.1 Å². The van der Waals surface area contributed by atoms with Crippen LogP contribution >= 0.6 is 22.9 Å². The highest BCUT2D eigenvalue weighted by molar-refractivity contribution is 7.11. The maximum Gasteiger partial charge on any atom is 0.0519 e. The van der Waals surface area contributed by atoms with E-state index in [9.17, 15) is 0 Å². The van der Waals surface area contributed by atoms with E-state index in [1.807, 2.05) is 11.4 Å². The fraction of sp³-hybridized carbons (Fsp3) is 0.500. The molecule has 1 N–H and O–H groups in total. The van der Waals surface area contributed by atoms with Crippen LogP contribution in [0.3, 0.4) is 0 Å². The molecular weight excluding hydrogens is 226 g/mol. The van der Waals surface area contributed by atoms with Gasteiger partial charge in [0, 0.05) is 16.3 Å². The molecular formula is C12H18ClNS. The lowest BCUT2D eigenvalue weighted by Gasteiger charge is -2.13. The van der Waals surface area contributed by atoms with Crippen LogP contribution in [-0.4, -0.2) is 12.6 Å². The Morgan fingerprint density at radius 3 is 2.93 bits per heavy atom. The molecule has 0 aliphatic heterocycles. The summed E-state index contributed by atoms with van der Waals surface area (Å²) in [6, 6.07) is 2.44. The van der Waals surface area contributed by atoms with Gasteiger partial charge >= 0.3 is 0 Å². The van der Waals surface area contributed by atoms with Gasteiger partial charge in [-0.25, -0.2) is 0 Å². The SMILES string of the molecule is CCCNC(C)C(C)=Cc1cc(Cl)cs1. The van der Waals surface area contributed by atoms with Crippen LogP contribution in [-0.2, 0) is 0 Å². The molecule has 84 valence electrons. The monoisotopic (exact) mass is 243 g/mol. The number of hydrogen-bond acceptors (Lipinski definition) is 2. The fourth-order valence-corrected chi connectivity index (χ4v) is 2.36. The Bertz CT molecular complexity index is 330. The molecule has 1 nitrogen and oxygen atoms in total. The zero-order valence-corrected chi connectivity index (χ0v) is 11.1. The van der Waals surface area contributed by atoms with Crippen LogP contribution in [0.5, 0.6) is 0 Å². The molecule has 15 heavy (non-hydrogen) atoms. The summed E-state index contributed by atoms with van der Waals surface area (Å²) in [5.41, 5.74) is 1.35. The molecule has 0 aliphatic rings. The van der Waals surface area contributed by atoms with E-state index in [0.29, 0.717) is 6.04 Å². The normalized spacial score (nSPS) is 14.3. The van der Waals surface area contributed by atoms with Crippen molar-refractivity contribution in [3.63, 3.8) is 0 Å². The van der Waals surface area contributed by atoms with E-state index in [-0.39, 0.29) is 0 Å². The summed E-state index contributed by atoms with van der Waals surface area (Å²) in [4.78, 5) is 1.22. The summed E-state index contributed by atoms with van der Waals surface area (Å²) in [5, 5.41) is 6.25. The molecule has 1 aromatic rings. The summed E-state index contributed by atoms with van der Waals surface area (Å²) in [6.45, 7) is 7.59. The van der Waals surface area contributed by atoms with Gasteiger partial charge in [-0.2, -0.15) is 0 Å². The van der Waals surface area contributed by atoms with Crippen molar-refractivity contribution in [3.8, 4) is 0 Å². The van der Waals surface area contributed by atoms with Gasteiger partial charge in [0.1, 0.15) is 0 Å². The number of nitrogens with one attached hydrogen (secondary N) is 1. The minimum atomic E-state index is 0.436. The van der Waals surface area contributed by atoms with Gasteiger partial charge in [0.05, 0.1) is 5.02 Å². The Labute approximate surface area is 101 Å². The fourth-order valence-electron chi connectivity index (χ4n) is 1.28. The number of thiophene rings is 1. The van der Waals surface area contributed by atoms with Gasteiger partial charge in [-0.3, -0.25) is 0 Å². The molecule has 0 aromatic carbocycles. The van der Waals surface area contributed by atoms with Gasteiger partial charge in [0.2, 0.25) is 0 Å². The molecule has 0 radical (unpaired) electrons. The summed E-state index contributed by atoms with van der Waals surface area (Å²) >= 11 is 7.56. The second-order valence-electron chi connectivity index (χ2n) is 3.73. The van der Waals surface area contributed by atoms with Crippen LogP contribution in [0.2, 0.25) is 5.02 Å². The van der Waals surface area contributed by atoms with E-state index in [0.717, 1.165) is 11.6 Å². The van der Waals surface area contributed by atoms with Gasteiger partial charge in [-0.15, -0.1) is 11.3 Å². The van der Waals surface area contributed by atoms with Crippen LogP contribution in [0.25, 0.3) is 6.08 Å². The Kier molecular flexibility index (Phi) is 5.37. The molecule has 1 aromatic heterocycles. The third-order valence-corrected chi connectivity index (χ3v) is 3.57. The highest BCUT2D eigenvalue weighted by Gasteiger charge is 2.03. The standard InChI is InChI=1S/C12H18ClNS/c1-4-5-14-10(3)9(2)6-12-7-11(13)8-15-12/h6-8,10,14H,4-5H2,1-3H3. The molecule has 1 unspecified atom stereocenters. The Hall–Kier alpha value is -0.310. The first-order chi connectivity index (χ1) is 7.13. The number of halogens is 1. The van der Waals surface area contributed by atoms with Gasteiger partial charge in [0.25, 0.3) is 0 Å². The zero-order chi connectivity index (χ0) is 11.3. The molecule has 1 rings (SSSR count). The summed E-state index contributed by atoms with van der Waals surface area (Å²) in [5.74, 6) is 0. The minimum absolute atomic E-state index is 0.436. The van der Waals surface area contributed by atoms with Crippen molar-refractivity contribution in [2.45, 2.75) is 33.2 Å². The topological polar surface area (TPSA) is 12.0 Å². The van der Waals surface area contributed by atoms with Crippen molar-refractivity contribution in [2.24, 2.45) is 0 Å². The number of rotatable bonds is 5. The van der Waals surface area contributed by atoms with Gasteiger partial charge in [-0.1, -0.05) is 24.1 Å². The second kappa shape index (κ2) is 6.31. The van der Waals surface area contributed by atoms with Crippen molar-refractivity contribution in [1.82, 2.24) is 5.32 Å². The molecule has 0 fully saturated rings. The summed E-state index contributed by atoms with van der Waals surface area (Å²) in [7, 11) is 0. The highest BCUT2D eigenvalue weighted by Crippen LogP contribution is 2.22. The van der Waals surface area contributed by atoms with E-state index in [4.69, 9.17) is 11.6 Å². The zero-order valence-electron chi connectivity index (χ0n) is 9.51. The lowest BCUT2D eigenvalue weighted by molar-refractivity contribution is 0.604. The van der Waals surface area contributed by atoms with E-state index in [1.165, 1.54) is 16.9 Å². The molecule has 1 heterocycles. The first-order valence-corrected chi connectivity index (χ1v) is 6.55. The molecule has 1 atom stereocenters. The van der Waals surface area contributed by atoms with Gasteiger partial charge < -0.3 is 5.32 Å². The lowest BCUT2D eigenvalue weighted by Crippen LogP contribution is -2.27. The predicted octanol–water partition coefficient (Wildman–Crippen LogP) is 4.19. The third-order valence-electron chi connectivity index (χ3n) is 2.34. The Morgan fingerprint density at radius 1 is 1.67 bits per heavy atom. The first-order valence-electron chi connectivity index (χ1n) is 5.29. The predicted molar refractivity (Wildman–Crippen MR) is 70.7 cm³/mol. The van der Waals surface area contributed by atoms with Crippen LogP contribution < -0.4 is 5.32 Å². The third kappa shape index (κ3) is 4.37. The maximum atomic E-state index is 5.87. The molecule has 0 saturated heterocycles. The van der Waals surface area contributed by atoms with Gasteiger partial charge in [-0.05, 0) is 39.0 Å². The molecule has 0 aliphatic carbocycles. The smallest absolute Gasteiger partial charge is 0.0519 e. The van der Waals surface area contributed by atoms with Crippen LogP contribution in [0, 0.1) is 0 Å². The van der Waals surface area contributed by atoms with Crippen molar-refractivity contribution >= 4 is 29.0 Å². The molecule has 0 spiro atoms. The first kappa shape index (κ1) is 12.8. The average Bonchev–Trinajstić information content (AvgIpc) is 2.60. The molecule has 3 heteroatoms. The van der Waals surface area contributed by atoms with E-state index in [2.05, 4.69) is 32.2 Å². The highest BCUT2D eigenvalue weighted by atomic mass is 35.5. The largest absolute Gasteiger partial charge is 0.311 e. The van der Waals surface area contributed by atoms with E-state index >= 15 is 0 Å². The Balaban J connectivity index is 2.58. The van der Waals surface area contributed by atoms with E-state index in [1.54, 1.807) is 11.3 Å². The molecule has 0 amide bonds. The maximum absolute atomic E-state index is 5.87. The van der Waals surface area contributed by atoms with Gasteiger partial charge in [0.15, 0.2) is 0 Å². The summed E-state index contributed by atoms with van der Waals surface area (Å²) < 4.78 is 0. The second-order valence-corrected chi connectivity index (χ2v) is 5.11. The molecule has 0 saturated carbocycles. The molecule has 0 bridgehead atoms. The Morgan fingerprint density at radius 2 is 2.40 bits per heavy atom. The van der Waals surface area contributed by atoms with Crippen LogP contribution in [0.4, 0.5) is 0 Å². The quantitative estimate of drug-likeness (QED) is 0.818.